The van der Waals surface area contributed by atoms with E-state index in [1.807, 2.05) is 21.1 Å². The molecule has 0 aromatic carbocycles. The second-order valence-corrected chi connectivity index (χ2v) is 20.2. The average Bonchev–Trinajstić information content (AvgIpc) is 3.42. The number of esters is 2. The van der Waals surface area contributed by atoms with Crippen molar-refractivity contribution < 1.29 is 42.9 Å². The van der Waals surface area contributed by atoms with Gasteiger partial charge in [0.25, 0.3) is 0 Å². The molecular formula is C70H107NO8. The zero-order chi connectivity index (χ0) is 57.6. The van der Waals surface area contributed by atoms with Crippen LogP contribution in [-0.4, -0.2) is 82.3 Å². The van der Waals surface area contributed by atoms with Gasteiger partial charge in [0.05, 0.1) is 40.3 Å². The summed E-state index contributed by atoms with van der Waals surface area (Å²) in [4.78, 5) is 37.2. The Morgan fingerprint density at radius 2 is 0.696 bits per heavy atom. The molecule has 9 heteroatoms. The minimum atomic E-state index is -1.65. The Morgan fingerprint density at radius 3 is 1.05 bits per heavy atom. The number of carbonyl (C=O) groups excluding carboxylic acids is 3. The number of likely N-dealkylation sites (N-methyl/N-ethyl adjacent to an activating group) is 1. The molecule has 2 atom stereocenters. The van der Waals surface area contributed by atoms with Crippen molar-refractivity contribution in [2.75, 3.05) is 47.5 Å². The minimum absolute atomic E-state index is 0.125. The first-order chi connectivity index (χ1) is 38.6. The number of carbonyl (C=O) groups is 3. The summed E-state index contributed by atoms with van der Waals surface area (Å²) in [5, 5.41) is 11.8. The van der Waals surface area contributed by atoms with Gasteiger partial charge in [-0.25, -0.2) is 0 Å². The summed E-state index contributed by atoms with van der Waals surface area (Å²) in [7, 11) is 5.88. The number of ether oxygens (including phenoxy) is 4. The van der Waals surface area contributed by atoms with Crippen LogP contribution in [0.3, 0.4) is 0 Å². The molecule has 0 N–H and O–H groups in total. The van der Waals surface area contributed by atoms with Crippen molar-refractivity contribution in [2.45, 2.75) is 193 Å². The molecule has 2 unspecified atom stereocenters. The summed E-state index contributed by atoms with van der Waals surface area (Å²) in [6.07, 6.45) is 86.7. The standard InChI is InChI=1S/C70H107NO8/c1-6-8-10-12-14-16-18-20-22-24-25-26-27-28-29-30-31-32-33-34-35-36-37-38-39-40-41-42-43-45-47-49-51-53-55-57-59-61-68(73)79-66(65-78-70(69(74)75)76-63-62-71(3,4)5)64-77-67(72)60-58-56-54-52-50-48-46-44-23-21-19-17-15-13-11-9-7-2/h8-11,14-17,20-23,25-26,28-29,31-32,34-35,37-38,40-41,43,45-46,48,52,54,66,70H,6-7,12-13,18-19,24,27,30,33,36,39,42,44,47,49-51,53,55-65H2,1-5H3/b10-8-,11-9-,16-14-,17-15-,22-20-,23-21-,26-25-,29-28-,32-31-,35-34-,38-37-,41-40-,45-43-,48-46-,54-52-. The maximum atomic E-state index is 12.9. The van der Waals surface area contributed by atoms with E-state index in [0.29, 0.717) is 23.9 Å². The molecule has 0 aliphatic heterocycles. The number of aliphatic carboxylic acids is 1. The smallest absolute Gasteiger partial charge is 0.306 e. The number of nitrogens with zero attached hydrogens (tertiary/aromatic N) is 1. The third kappa shape index (κ3) is 59.9. The van der Waals surface area contributed by atoms with Crippen molar-refractivity contribution in [1.82, 2.24) is 0 Å². The van der Waals surface area contributed by atoms with E-state index in [0.717, 1.165) is 141 Å². The van der Waals surface area contributed by atoms with Gasteiger partial charge in [0.2, 0.25) is 0 Å². The van der Waals surface area contributed by atoms with E-state index in [-0.39, 0.29) is 32.7 Å². The summed E-state index contributed by atoms with van der Waals surface area (Å²) in [5.74, 6) is -2.41. The summed E-state index contributed by atoms with van der Waals surface area (Å²) in [5.41, 5.74) is 0. The first-order valence-corrected chi connectivity index (χ1v) is 29.9. The average molecular weight is 1090 g/mol. The van der Waals surface area contributed by atoms with E-state index in [2.05, 4.69) is 196 Å². The fourth-order valence-corrected chi connectivity index (χ4v) is 7.13. The maximum absolute atomic E-state index is 12.9. The Bertz CT molecular complexity index is 1940. The normalized spacial score (nSPS) is 14.1. The quantitative estimate of drug-likeness (QED) is 0.0195. The molecule has 0 radical (unpaired) electrons. The molecular weight excluding hydrogens is 983 g/mol. The van der Waals surface area contributed by atoms with Crippen molar-refractivity contribution in [3.63, 3.8) is 0 Å². The molecule has 9 nitrogen and oxygen atoms in total. The van der Waals surface area contributed by atoms with Crippen molar-refractivity contribution in [1.29, 1.82) is 0 Å². The molecule has 0 amide bonds. The van der Waals surface area contributed by atoms with Crippen molar-refractivity contribution in [3.8, 4) is 0 Å². The Labute approximate surface area is 481 Å². The van der Waals surface area contributed by atoms with Crippen LogP contribution in [0.2, 0.25) is 0 Å². The lowest BCUT2D eigenvalue weighted by Crippen LogP contribution is -2.44. The van der Waals surface area contributed by atoms with Gasteiger partial charge in [-0.2, -0.15) is 0 Å². The van der Waals surface area contributed by atoms with Crippen LogP contribution >= 0.6 is 0 Å². The van der Waals surface area contributed by atoms with Gasteiger partial charge >= 0.3 is 11.9 Å². The summed E-state index contributed by atoms with van der Waals surface area (Å²) in [6, 6.07) is 0. The second kappa shape index (κ2) is 58.5. The Morgan fingerprint density at radius 1 is 0.380 bits per heavy atom. The van der Waals surface area contributed by atoms with Crippen LogP contribution in [0.15, 0.2) is 182 Å². The van der Waals surface area contributed by atoms with Crippen LogP contribution in [0.4, 0.5) is 0 Å². The number of hydrogen-bond donors (Lipinski definition) is 0. The molecule has 0 heterocycles. The lowest BCUT2D eigenvalue weighted by Gasteiger charge is -2.26. The molecule has 79 heavy (non-hydrogen) atoms. The summed E-state index contributed by atoms with van der Waals surface area (Å²) < 4.78 is 22.6. The highest BCUT2D eigenvalue weighted by Gasteiger charge is 2.21. The van der Waals surface area contributed by atoms with Gasteiger partial charge in [-0.1, -0.05) is 222 Å². The molecule has 0 aliphatic carbocycles. The third-order valence-electron chi connectivity index (χ3n) is 11.6. The minimum Gasteiger partial charge on any atom is -0.545 e. The predicted molar refractivity (Wildman–Crippen MR) is 333 cm³/mol. The van der Waals surface area contributed by atoms with E-state index in [1.165, 1.54) is 0 Å². The number of allylic oxidation sites excluding steroid dienone is 30. The topological polar surface area (TPSA) is 111 Å². The number of carboxylic acid groups (broad SMARTS) is 1. The van der Waals surface area contributed by atoms with Gasteiger partial charge in [-0.05, 0) is 128 Å². The van der Waals surface area contributed by atoms with Gasteiger partial charge in [-0.15, -0.1) is 0 Å². The highest BCUT2D eigenvalue weighted by atomic mass is 16.7. The molecule has 0 fully saturated rings. The Balaban J connectivity index is 4.33. The second-order valence-electron chi connectivity index (χ2n) is 20.2. The molecule has 0 aromatic rings. The molecule has 440 valence electrons. The predicted octanol–water partition coefficient (Wildman–Crippen LogP) is 16.8. The van der Waals surface area contributed by atoms with E-state index in [1.54, 1.807) is 0 Å². The molecule has 0 aromatic heterocycles. The molecule has 0 rings (SSSR count). The van der Waals surface area contributed by atoms with E-state index >= 15 is 0 Å². The zero-order valence-corrected chi connectivity index (χ0v) is 49.9. The van der Waals surface area contributed by atoms with E-state index < -0.39 is 30.3 Å². The molecule has 0 saturated heterocycles. The highest BCUT2D eigenvalue weighted by Crippen LogP contribution is 2.12. The number of hydrogen-bond acceptors (Lipinski definition) is 8. The SMILES string of the molecule is CC/C=C\C/C=C\C/C=C\C/C=C\C/C=C\C/C=C\C/C=C\C/C=C\C/C=C\C/C=C\CCCCCCCCC(=O)OC(COC(=O)CCC/C=C\C/C=C\C/C=C\C/C=C\C/C=C\CC)COC(OCC[N+](C)(C)C)C(=O)[O-]. The van der Waals surface area contributed by atoms with Crippen molar-refractivity contribution in [2.24, 2.45) is 0 Å². The van der Waals surface area contributed by atoms with Crippen LogP contribution < -0.4 is 5.11 Å². The lowest BCUT2D eigenvalue weighted by atomic mass is 10.1. The van der Waals surface area contributed by atoms with Gasteiger partial charge in [0.1, 0.15) is 13.2 Å². The van der Waals surface area contributed by atoms with Gasteiger partial charge in [0.15, 0.2) is 12.4 Å². The van der Waals surface area contributed by atoms with E-state index in [9.17, 15) is 19.5 Å². The Kier molecular flexibility index (Phi) is 54.4. The number of rotatable bonds is 52. The molecule has 0 bridgehead atoms. The molecule has 0 aliphatic rings. The van der Waals surface area contributed by atoms with Crippen LogP contribution in [0.1, 0.15) is 181 Å². The van der Waals surface area contributed by atoms with E-state index in [4.69, 9.17) is 18.9 Å². The molecule has 0 saturated carbocycles. The van der Waals surface area contributed by atoms with Gasteiger partial charge in [0, 0.05) is 12.8 Å². The Hall–Kier alpha value is -5.61. The van der Waals surface area contributed by atoms with Crippen LogP contribution in [0, 0.1) is 0 Å². The summed E-state index contributed by atoms with van der Waals surface area (Å²) in [6.45, 7) is 4.39. The fourth-order valence-electron chi connectivity index (χ4n) is 7.13. The maximum Gasteiger partial charge on any atom is 0.306 e. The fraction of sp³-hybridized carbons (Fsp3) is 0.529. The number of unbranched alkanes of at least 4 members (excludes halogenated alkanes) is 7. The van der Waals surface area contributed by atoms with Crippen molar-refractivity contribution >= 4 is 17.9 Å². The lowest BCUT2D eigenvalue weighted by molar-refractivity contribution is -0.870. The number of quaternary nitrogens is 1. The van der Waals surface area contributed by atoms with Crippen LogP contribution in [0.25, 0.3) is 0 Å². The van der Waals surface area contributed by atoms with Crippen LogP contribution in [0.5, 0.6) is 0 Å². The monoisotopic (exact) mass is 1090 g/mol. The molecule has 0 spiro atoms. The third-order valence-corrected chi connectivity index (χ3v) is 11.6. The highest BCUT2D eigenvalue weighted by molar-refractivity contribution is 5.70. The zero-order valence-electron chi connectivity index (χ0n) is 49.9. The first kappa shape index (κ1) is 73.4. The largest absolute Gasteiger partial charge is 0.545 e. The van der Waals surface area contributed by atoms with Gasteiger partial charge in [-0.3, -0.25) is 9.59 Å². The van der Waals surface area contributed by atoms with Gasteiger partial charge < -0.3 is 33.3 Å². The first-order valence-electron chi connectivity index (χ1n) is 29.9. The van der Waals surface area contributed by atoms with Crippen molar-refractivity contribution in [3.05, 3.63) is 182 Å². The summed E-state index contributed by atoms with van der Waals surface area (Å²) >= 11 is 0. The van der Waals surface area contributed by atoms with Crippen LogP contribution in [-0.2, 0) is 33.3 Å². The number of carboxylic acids is 1.